The van der Waals surface area contributed by atoms with Crippen molar-refractivity contribution in [2.75, 3.05) is 33.3 Å². The van der Waals surface area contributed by atoms with E-state index in [0.29, 0.717) is 5.92 Å². The van der Waals surface area contributed by atoms with E-state index in [4.69, 9.17) is 4.74 Å². The maximum Gasteiger partial charge on any atom is 0.253 e. The lowest BCUT2D eigenvalue weighted by atomic mass is 9.96. The molecule has 1 aliphatic rings. The first-order chi connectivity index (χ1) is 13.8. The summed E-state index contributed by atoms with van der Waals surface area (Å²) in [6, 6.07) is 20.0. The van der Waals surface area contributed by atoms with Crippen LogP contribution in [0.15, 0.2) is 66.7 Å². The predicted octanol–water partition coefficient (Wildman–Crippen LogP) is 3.92. The smallest absolute Gasteiger partial charge is 0.253 e. The van der Waals surface area contributed by atoms with Crippen LogP contribution in [0.25, 0.3) is 6.08 Å². The van der Waals surface area contributed by atoms with Crippen LogP contribution in [0.5, 0.6) is 0 Å². The van der Waals surface area contributed by atoms with Gasteiger partial charge in [0.05, 0.1) is 0 Å². The fraction of sp³-hybridized carbons (Fsp3) is 0.375. The molecule has 0 radical (unpaired) electrons. The standard InChI is InChI=1S/C24H30N2O2/c1-28-23(22-12-6-3-7-13-22)24(27)25-19-21-14-17-26(18-15-21)16-8-11-20-9-4-2-5-10-20/h2-13,21,23H,14-19H2,1H3,(H,25,27)/t23-/m0/s1. The summed E-state index contributed by atoms with van der Waals surface area (Å²) >= 11 is 0. The van der Waals surface area contributed by atoms with Crippen LogP contribution in [-0.2, 0) is 9.53 Å². The highest BCUT2D eigenvalue weighted by atomic mass is 16.5. The maximum atomic E-state index is 12.5. The Morgan fingerprint density at radius 1 is 1.11 bits per heavy atom. The molecule has 1 fully saturated rings. The van der Waals surface area contributed by atoms with Crippen molar-refractivity contribution in [1.29, 1.82) is 0 Å². The van der Waals surface area contributed by atoms with Gasteiger partial charge in [0.1, 0.15) is 0 Å². The van der Waals surface area contributed by atoms with Gasteiger partial charge in [0, 0.05) is 20.2 Å². The van der Waals surface area contributed by atoms with E-state index in [-0.39, 0.29) is 5.91 Å². The Bertz CT molecular complexity index is 738. The van der Waals surface area contributed by atoms with E-state index in [9.17, 15) is 4.79 Å². The molecule has 3 rings (SSSR count). The van der Waals surface area contributed by atoms with Gasteiger partial charge in [-0.2, -0.15) is 0 Å². The van der Waals surface area contributed by atoms with E-state index < -0.39 is 6.10 Å². The van der Waals surface area contributed by atoms with Crippen LogP contribution in [0.2, 0.25) is 0 Å². The number of rotatable bonds is 8. The molecular weight excluding hydrogens is 348 g/mol. The number of benzene rings is 2. The van der Waals surface area contributed by atoms with Crippen molar-refractivity contribution >= 4 is 12.0 Å². The molecule has 0 bridgehead atoms. The Balaban J connectivity index is 1.38. The maximum absolute atomic E-state index is 12.5. The lowest BCUT2D eigenvalue weighted by Crippen LogP contribution is -2.40. The molecule has 0 unspecified atom stereocenters. The third kappa shape index (κ3) is 6.04. The third-order valence-corrected chi connectivity index (χ3v) is 5.32. The molecule has 2 aromatic rings. The first-order valence-electron chi connectivity index (χ1n) is 10.1. The fourth-order valence-electron chi connectivity index (χ4n) is 3.64. The van der Waals surface area contributed by atoms with Crippen molar-refractivity contribution in [2.24, 2.45) is 5.92 Å². The van der Waals surface area contributed by atoms with Gasteiger partial charge in [0.25, 0.3) is 5.91 Å². The molecule has 1 aliphatic heterocycles. The second-order valence-corrected chi connectivity index (χ2v) is 7.33. The molecule has 0 aromatic heterocycles. The number of piperidine rings is 1. The summed E-state index contributed by atoms with van der Waals surface area (Å²) in [6.45, 7) is 3.85. The Morgan fingerprint density at radius 2 is 1.75 bits per heavy atom. The SMILES string of the molecule is CO[C@H](C(=O)NCC1CCN(CC=Cc2ccccc2)CC1)c1ccccc1. The van der Waals surface area contributed by atoms with Crippen molar-refractivity contribution < 1.29 is 9.53 Å². The topological polar surface area (TPSA) is 41.6 Å². The Labute approximate surface area is 168 Å². The molecule has 0 spiro atoms. The van der Waals surface area contributed by atoms with Crippen LogP contribution in [0.1, 0.15) is 30.1 Å². The molecule has 1 saturated heterocycles. The van der Waals surface area contributed by atoms with Crippen molar-refractivity contribution in [3.05, 3.63) is 77.9 Å². The summed E-state index contributed by atoms with van der Waals surface area (Å²) < 4.78 is 5.41. The number of carbonyl (C=O) groups is 1. The number of hydrogen-bond donors (Lipinski definition) is 1. The zero-order chi connectivity index (χ0) is 19.6. The van der Waals surface area contributed by atoms with Gasteiger partial charge in [-0.05, 0) is 43.0 Å². The summed E-state index contributed by atoms with van der Waals surface area (Å²) in [6.07, 6.45) is 6.11. The molecule has 4 heteroatoms. The molecular formula is C24H30N2O2. The quantitative estimate of drug-likeness (QED) is 0.757. The van der Waals surface area contributed by atoms with Crippen LogP contribution in [0.3, 0.4) is 0 Å². The molecule has 28 heavy (non-hydrogen) atoms. The average molecular weight is 379 g/mol. The minimum absolute atomic E-state index is 0.0538. The van der Waals surface area contributed by atoms with Gasteiger partial charge in [-0.25, -0.2) is 0 Å². The zero-order valence-corrected chi connectivity index (χ0v) is 16.6. The summed E-state index contributed by atoms with van der Waals surface area (Å²) in [7, 11) is 1.58. The minimum Gasteiger partial charge on any atom is -0.367 e. The number of nitrogens with zero attached hydrogens (tertiary/aromatic N) is 1. The van der Waals surface area contributed by atoms with Gasteiger partial charge in [-0.15, -0.1) is 0 Å². The molecule has 1 N–H and O–H groups in total. The van der Waals surface area contributed by atoms with Gasteiger partial charge in [-0.3, -0.25) is 9.69 Å². The number of carbonyl (C=O) groups excluding carboxylic acids is 1. The van der Waals surface area contributed by atoms with E-state index in [1.807, 2.05) is 36.4 Å². The first kappa shape index (κ1) is 20.3. The summed E-state index contributed by atoms with van der Waals surface area (Å²) in [5.74, 6) is 0.480. The van der Waals surface area contributed by atoms with E-state index in [2.05, 4.69) is 46.6 Å². The highest BCUT2D eigenvalue weighted by molar-refractivity contribution is 5.82. The zero-order valence-electron chi connectivity index (χ0n) is 16.6. The number of likely N-dealkylation sites (tertiary alicyclic amines) is 1. The van der Waals surface area contributed by atoms with Crippen LogP contribution < -0.4 is 5.32 Å². The van der Waals surface area contributed by atoms with Crippen LogP contribution in [-0.4, -0.2) is 44.1 Å². The predicted molar refractivity (Wildman–Crippen MR) is 114 cm³/mol. The second kappa shape index (κ2) is 10.8. The average Bonchev–Trinajstić information content (AvgIpc) is 2.75. The highest BCUT2D eigenvalue weighted by Gasteiger charge is 2.23. The number of nitrogens with one attached hydrogen (secondary N) is 1. The Morgan fingerprint density at radius 3 is 2.39 bits per heavy atom. The summed E-state index contributed by atoms with van der Waals surface area (Å²) in [5.41, 5.74) is 2.13. The minimum atomic E-state index is -0.538. The van der Waals surface area contributed by atoms with E-state index >= 15 is 0 Å². The molecule has 0 saturated carbocycles. The molecule has 1 atom stereocenters. The summed E-state index contributed by atoms with van der Waals surface area (Å²) in [4.78, 5) is 15.0. The van der Waals surface area contributed by atoms with Crippen molar-refractivity contribution in [3.8, 4) is 0 Å². The van der Waals surface area contributed by atoms with Crippen molar-refractivity contribution in [1.82, 2.24) is 10.2 Å². The number of ether oxygens (including phenoxy) is 1. The van der Waals surface area contributed by atoms with Crippen LogP contribution in [0.4, 0.5) is 0 Å². The lowest BCUT2D eigenvalue weighted by Gasteiger charge is -2.31. The Kier molecular flexibility index (Phi) is 7.82. The van der Waals surface area contributed by atoms with Gasteiger partial charge in [0.15, 0.2) is 6.10 Å². The first-order valence-corrected chi connectivity index (χ1v) is 10.1. The lowest BCUT2D eigenvalue weighted by molar-refractivity contribution is -0.131. The third-order valence-electron chi connectivity index (χ3n) is 5.32. The normalized spacial score (nSPS) is 16.9. The molecule has 0 aliphatic carbocycles. The van der Waals surface area contributed by atoms with Crippen LogP contribution in [0, 0.1) is 5.92 Å². The van der Waals surface area contributed by atoms with Gasteiger partial charge >= 0.3 is 0 Å². The van der Waals surface area contributed by atoms with Gasteiger partial charge in [0.2, 0.25) is 0 Å². The fourth-order valence-corrected chi connectivity index (χ4v) is 3.64. The van der Waals surface area contributed by atoms with Gasteiger partial charge in [-0.1, -0.05) is 72.8 Å². The summed E-state index contributed by atoms with van der Waals surface area (Å²) in [5, 5.41) is 3.08. The molecule has 1 amide bonds. The monoisotopic (exact) mass is 378 g/mol. The molecule has 1 heterocycles. The van der Waals surface area contributed by atoms with Gasteiger partial charge < -0.3 is 10.1 Å². The highest BCUT2D eigenvalue weighted by Crippen LogP contribution is 2.19. The number of hydrogen-bond acceptors (Lipinski definition) is 3. The number of methoxy groups -OCH3 is 1. The largest absolute Gasteiger partial charge is 0.367 e. The van der Waals surface area contributed by atoms with Crippen LogP contribution >= 0.6 is 0 Å². The van der Waals surface area contributed by atoms with E-state index in [0.717, 1.165) is 44.6 Å². The number of amides is 1. The molecule has 4 nitrogen and oxygen atoms in total. The Hall–Kier alpha value is -2.43. The molecule has 148 valence electrons. The van der Waals surface area contributed by atoms with E-state index in [1.54, 1.807) is 7.11 Å². The van der Waals surface area contributed by atoms with Crippen molar-refractivity contribution in [2.45, 2.75) is 18.9 Å². The molecule has 2 aromatic carbocycles. The van der Waals surface area contributed by atoms with E-state index in [1.165, 1.54) is 5.56 Å². The van der Waals surface area contributed by atoms with Crippen molar-refractivity contribution in [3.63, 3.8) is 0 Å². The second-order valence-electron chi connectivity index (χ2n) is 7.33.